The number of aliphatic imine (C=N–C) groups is 1. The number of nitrogens with one attached hydrogen (secondary N) is 2. The third-order valence-corrected chi connectivity index (χ3v) is 4.11. The van der Waals surface area contributed by atoms with E-state index in [1.54, 1.807) is 11.3 Å². The molecule has 0 bridgehead atoms. The molecule has 1 aromatic carbocycles. The molecule has 0 saturated heterocycles. The largest absolute Gasteiger partial charge is 0.357 e. The summed E-state index contributed by atoms with van der Waals surface area (Å²) in [6.07, 6.45) is 2.03. The molecule has 0 aliphatic rings. The molecule has 126 valence electrons. The monoisotopic (exact) mass is 444 g/mol. The van der Waals surface area contributed by atoms with Gasteiger partial charge in [0.25, 0.3) is 0 Å². The zero-order chi connectivity index (χ0) is 15.6. The van der Waals surface area contributed by atoms with Crippen LogP contribution in [0.4, 0.5) is 0 Å². The summed E-state index contributed by atoms with van der Waals surface area (Å²) in [7, 11) is 0. The molecular formula is C17H25IN4S. The van der Waals surface area contributed by atoms with Gasteiger partial charge in [0.2, 0.25) is 0 Å². The molecule has 4 nitrogen and oxygen atoms in total. The van der Waals surface area contributed by atoms with E-state index in [1.807, 2.05) is 0 Å². The lowest BCUT2D eigenvalue weighted by Gasteiger charge is -2.08. The number of hydrogen-bond acceptors (Lipinski definition) is 3. The van der Waals surface area contributed by atoms with Crippen LogP contribution in [0.1, 0.15) is 30.1 Å². The lowest BCUT2D eigenvalue weighted by atomic mass is 10.1. The first-order valence-corrected chi connectivity index (χ1v) is 8.69. The molecule has 0 aliphatic carbocycles. The number of rotatable bonds is 7. The number of aromatic nitrogens is 1. The first-order chi connectivity index (χ1) is 10.8. The minimum absolute atomic E-state index is 0. The molecule has 0 spiro atoms. The third-order valence-electron chi connectivity index (χ3n) is 3.16. The van der Waals surface area contributed by atoms with Gasteiger partial charge in [0, 0.05) is 24.9 Å². The van der Waals surface area contributed by atoms with E-state index in [1.165, 1.54) is 10.6 Å². The number of thiazole rings is 1. The highest BCUT2D eigenvalue weighted by Crippen LogP contribution is 2.13. The molecular weight excluding hydrogens is 419 g/mol. The number of benzene rings is 1. The van der Waals surface area contributed by atoms with Crippen LogP contribution in [0.3, 0.4) is 0 Å². The smallest absolute Gasteiger partial charge is 0.191 e. The standard InChI is InChI=1S/C17H24N4S.HI/c1-3-18-17(19-4-2)20-12-15-13-22-16(21-15)11-10-14-8-6-5-7-9-14;/h5-9,13H,3-4,10-12H2,1-2H3,(H2,18,19,20);1H. The molecule has 1 aromatic heterocycles. The van der Waals surface area contributed by atoms with Gasteiger partial charge in [-0.05, 0) is 25.8 Å². The van der Waals surface area contributed by atoms with Crippen molar-refractivity contribution in [2.45, 2.75) is 33.2 Å². The number of aryl methyl sites for hydroxylation is 2. The van der Waals surface area contributed by atoms with E-state index in [-0.39, 0.29) is 24.0 Å². The Labute approximate surface area is 159 Å². The highest BCUT2D eigenvalue weighted by Gasteiger charge is 2.03. The van der Waals surface area contributed by atoms with Crippen LogP contribution in [-0.2, 0) is 19.4 Å². The van der Waals surface area contributed by atoms with Crippen molar-refractivity contribution in [3.63, 3.8) is 0 Å². The first-order valence-electron chi connectivity index (χ1n) is 7.81. The van der Waals surface area contributed by atoms with Crippen molar-refractivity contribution < 1.29 is 0 Å². The van der Waals surface area contributed by atoms with Gasteiger partial charge in [-0.2, -0.15) is 0 Å². The van der Waals surface area contributed by atoms with Gasteiger partial charge < -0.3 is 10.6 Å². The second-order valence-electron chi connectivity index (χ2n) is 4.94. The van der Waals surface area contributed by atoms with Crippen LogP contribution < -0.4 is 10.6 Å². The summed E-state index contributed by atoms with van der Waals surface area (Å²) >= 11 is 1.73. The van der Waals surface area contributed by atoms with Gasteiger partial charge in [0.05, 0.1) is 17.2 Å². The molecule has 0 aliphatic heterocycles. The molecule has 0 fully saturated rings. The first kappa shape index (κ1) is 19.9. The molecule has 6 heteroatoms. The fraction of sp³-hybridized carbons (Fsp3) is 0.412. The van der Waals surface area contributed by atoms with Gasteiger partial charge in [-0.25, -0.2) is 9.98 Å². The molecule has 0 saturated carbocycles. The van der Waals surface area contributed by atoms with Crippen LogP contribution in [0.2, 0.25) is 0 Å². The third kappa shape index (κ3) is 7.30. The summed E-state index contributed by atoms with van der Waals surface area (Å²) in [5.41, 5.74) is 2.40. The molecule has 0 unspecified atom stereocenters. The van der Waals surface area contributed by atoms with Crippen molar-refractivity contribution in [3.8, 4) is 0 Å². The second-order valence-corrected chi connectivity index (χ2v) is 5.89. The van der Waals surface area contributed by atoms with Crippen molar-refractivity contribution in [2.75, 3.05) is 13.1 Å². The van der Waals surface area contributed by atoms with Crippen LogP contribution in [0.25, 0.3) is 0 Å². The van der Waals surface area contributed by atoms with E-state index in [4.69, 9.17) is 0 Å². The van der Waals surface area contributed by atoms with E-state index in [9.17, 15) is 0 Å². The molecule has 2 rings (SSSR count). The van der Waals surface area contributed by atoms with Crippen molar-refractivity contribution in [3.05, 3.63) is 52.0 Å². The van der Waals surface area contributed by atoms with E-state index in [0.717, 1.165) is 37.6 Å². The zero-order valence-corrected chi connectivity index (χ0v) is 16.9. The molecule has 2 aromatic rings. The van der Waals surface area contributed by atoms with Gasteiger partial charge in [-0.15, -0.1) is 35.3 Å². The van der Waals surface area contributed by atoms with Crippen LogP contribution in [0.5, 0.6) is 0 Å². The number of guanidine groups is 1. The lowest BCUT2D eigenvalue weighted by molar-refractivity contribution is 0.832. The molecule has 0 amide bonds. The Morgan fingerprint density at radius 3 is 2.43 bits per heavy atom. The molecule has 1 heterocycles. The summed E-state index contributed by atoms with van der Waals surface area (Å²) < 4.78 is 0. The number of hydrogen-bond donors (Lipinski definition) is 2. The summed E-state index contributed by atoms with van der Waals surface area (Å²) in [5, 5.41) is 9.74. The Balaban J connectivity index is 0.00000264. The minimum Gasteiger partial charge on any atom is -0.357 e. The number of nitrogens with zero attached hydrogens (tertiary/aromatic N) is 2. The Morgan fingerprint density at radius 1 is 1.09 bits per heavy atom. The quantitative estimate of drug-likeness (QED) is 0.390. The zero-order valence-electron chi connectivity index (χ0n) is 13.7. The Kier molecular flexibility index (Phi) is 9.86. The highest BCUT2D eigenvalue weighted by molar-refractivity contribution is 14.0. The Morgan fingerprint density at radius 2 is 1.78 bits per heavy atom. The molecule has 0 atom stereocenters. The average Bonchev–Trinajstić information content (AvgIpc) is 3.00. The van der Waals surface area contributed by atoms with Crippen LogP contribution >= 0.6 is 35.3 Å². The van der Waals surface area contributed by atoms with E-state index < -0.39 is 0 Å². The lowest BCUT2D eigenvalue weighted by Crippen LogP contribution is -2.36. The highest BCUT2D eigenvalue weighted by atomic mass is 127. The minimum atomic E-state index is 0. The van der Waals surface area contributed by atoms with Gasteiger partial charge >= 0.3 is 0 Å². The normalized spacial score (nSPS) is 9.83. The maximum absolute atomic E-state index is 4.67. The fourth-order valence-corrected chi connectivity index (χ4v) is 2.89. The maximum Gasteiger partial charge on any atom is 0.191 e. The van der Waals surface area contributed by atoms with E-state index in [2.05, 4.69) is 70.2 Å². The molecule has 0 radical (unpaired) electrons. The van der Waals surface area contributed by atoms with Gasteiger partial charge in [-0.1, -0.05) is 30.3 Å². The van der Waals surface area contributed by atoms with Gasteiger partial charge in [0.1, 0.15) is 0 Å². The summed E-state index contributed by atoms with van der Waals surface area (Å²) in [5.74, 6) is 0.851. The summed E-state index contributed by atoms with van der Waals surface area (Å²) in [4.78, 5) is 9.22. The van der Waals surface area contributed by atoms with Crippen molar-refractivity contribution in [1.82, 2.24) is 15.6 Å². The molecule has 2 N–H and O–H groups in total. The number of halogens is 1. The Bertz CT molecular complexity index is 575. The summed E-state index contributed by atoms with van der Waals surface area (Å²) in [6, 6.07) is 10.5. The Hall–Kier alpha value is -1.15. The topological polar surface area (TPSA) is 49.3 Å². The fourth-order valence-electron chi connectivity index (χ4n) is 2.10. The SMILES string of the molecule is CCNC(=NCc1csc(CCc2ccccc2)n1)NCC.I. The van der Waals surface area contributed by atoms with Crippen molar-refractivity contribution >= 4 is 41.3 Å². The van der Waals surface area contributed by atoms with Crippen molar-refractivity contribution in [2.24, 2.45) is 4.99 Å². The van der Waals surface area contributed by atoms with Crippen molar-refractivity contribution in [1.29, 1.82) is 0 Å². The van der Waals surface area contributed by atoms with Gasteiger partial charge in [0.15, 0.2) is 5.96 Å². The van der Waals surface area contributed by atoms with Crippen LogP contribution in [0, 0.1) is 0 Å². The predicted molar refractivity (Wildman–Crippen MR) is 110 cm³/mol. The average molecular weight is 444 g/mol. The summed E-state index contributed by atoms with van der Waals surface area (Å²) in [6.45, 7) is 6.49. The molecule has 23 heavy (non-hydrogen) atoms. The predicted octanol–water partition coefficient (Wildman–Crippen LogP) is 3.62. The maximum atomic E-state index is 4.67. The second kappa shape index (κ2) is 11.4. The van der Waals surface area contributed by atoms with E-state index >= 15 is 0 Å². The van der Waals surface area contributed by atoms with Crippen LogP contribution in [-0.4, -0.2) is 24.0 Å². The van der Waals surface area contributed by atoms with Crippen LogP contribution in [0.15, 0.2) is 40.7 Å². The van der Waals surface area contributed by atoms with Gasteiger partial charge in [-0.3, -0.25) is 0 Å². The van der Waals surface area contributed by atoms with E-state index in [0.29, 0.717) is 6.54 Å².